The summed E-state index contributed by atoms with van der Waals surface area (Å²) < 4.78 is 0. The van der Waals surface area contributed by atoms with Crippen molar-refractivity contribution in [3.05, 3.63) is 0 Å². The van der Waals surface area contributed by atoms with Crippen molar-refractivity contribution in [2.45, 2.75) is 58.1 Å². The second-order valence-electron chi connectivity index (χ2n) is 5.51. The summed E-state index contributed by atoms with van der Waals surface area (Å²) >= 11 is 0. The highest BCUT2D eigenvalue weighted by atomic mass is 16.3. The van der Waals surface area contributed by atoms with Crippen LogP contribution < -0.4 is 0 Å². The van der Waals surface area contributed by atoms with E-state index in [4.69, 9.17) is 0 Å². The van der Waals surface area contributed by atoms with Crippen LogP contribution >= 0.6 is 0 Å². The van der Waals surface area contributed by atoms with Crippen molar-refractivity contribution in [1.82, 2.24) is 4.90 Å². The molecular formula is C14H26N2O. The summed E-state index contributed by atoms with van der Waals surface area (Å²) in [6.07, 6.45) is 5.16. The van der Waals surface area contributed by atoms with E-state index in [1.165, 1.54) is 12.8 Å². The highest BCUT2D eigenvalue weighted by Gasteiger charge is 2.32. The molecule has 0 aliphatic heterocycles. The standard InChI is InChI=1S/C14H26N2O/c1-4-12-5-6-13(10-15)14(9-12)16(3)8-7-11(2)17/h11-14,17H,4-9H2,1-3H3. The van der Waals surface area contributed by atoms with E-state index in [9.17, 15) is 10.4 Å². The fourth-order valence-corrected chi connectivity index (χ4v) is 2.80. The third-order valence-electron chi connectivity index (χ3n) is 4.13. The van der Waals surface area contributed by atoms with E-state index in [0.29, 0.717) is 6.04 Å². The molecule has 1 fully saturated rings. The number of aliphatic hydroxyl groups excluding tert-OH is 1. The minimum Gasteiger partial charge on any atom is -0.393 e. The smallest absolute Gasteiger partial charge is 0.0672 e. The Hall–Kier alpha value is -0.590. The number of nitriles is 1. The predicted molar refractivity (Wildman–Crippen MR) is 69.5 cm³/mol. The average Bonchev–Trinajstić information content (AvgIpc) is 2.34. The maximum absolute atomic E-state index is 9.33. The van der Waals surface area contributed by atoms with E-state index in [-0.39, 0.29) is 12.0 Å². The van der Waals surface area contributed by atoms with E-state index in [0.717, 1.165) is 31.7 Å². The maximum Gasteiger partial charge on any atom is 0.0672 e. The van der Waals surface area contributed by atoms with Gasteiger partial charge in [-0.2, -0.15) is 5.26 Å². The van der Waals surface area contributed by atoms with E-state index in [1.54, 1.807) is 0 Å². The molecule has 1 rings (SSSR count). The van der Waals surface area contributed by atoms with Gasteiger partial charge < -0.3 is 10.0 Å². The Morgan fingerprint density at radius 2 is 2.18 bits per heavy atom. The first-order valence-electron chi connectivity index (χ1n) is 6.86. The zero-order valence-electron chi connectivity index (χ0n) is 11.4. The Kier molecular flexibility index (Phi) is 5.94. The number of rotatable bonds is 5. The molecule has 4 atom stereocenters. The maximum atomic E-state index is 9.33. The molecule has 98 valence electrons. The lowest BCUT2D eigenvalue weighted by molar-refractivity contribution is 0.101. The van der Waals surface area contributed by atoms with Crippen molar-refractivity contribution in [3.63, 3.8) is 0 Å². The normalized spacial score (nSPS) is 31.2. The summed E-state index contributed by atoms with van der Waals surface area (Å²) in [4.78, 5) is 2.28. The van der Waals surface area contributed by atoms with Crippen LogP contribution in [0.15, 0.2) is 0 Å². The van der Waals surface area contributed by atoms with Crippen molar-refractivity contribution in [2.75, 3.05) is 13.6 Å². The molecule has 0 bridgehead atoms. The van der Waals surface area contributed by atoms with Gasteiger partial charge in [0.05, 0.1) is 18.1 Å². The van der Waals surface area contributed by atoms with Crippen LogP contribution in [0, 0.1) is 23.2 Å². The third-order valence-corrected chi connectivity index (χ3v) is 4.13. The van der Waals surface area contributed by atoms with Gasteiger partial charge in [0.25, 0.3) is 0 Å². The molecule has 0 aromatic carbocycles. The zero-order chi connectivity index (χ0) is 12.8. The van der Waals surface area contributed by atoms with Gasteiger partial charge in [-0.3, -0.25) is 0 Å². The second kappa shape index (κ2) is 6.98. The van der Waals surface area contributed by atoms with Gasteiger partial charge >= 0.3 is 0 Å². The summed E-state index contributed by atoms with van der Waals surface area (Å²) in [6.45, 7) is 4.95. The van der Waals surface area contributed by atoms with E-state index in [2.05, 4.69) is 24.9 Å². The summed E-state index contributed by atoms with van der Waals surface area (Å²) in [7, 11) is 2.09. The first kappa shape index (κ1) is 14.5. The molecule has 1 aliphatic rings. The number of aliphatic hydroxyl groups is 1. The lowest BCUT2D eigenvalue weighted by atomic mass is 9.77. The van der Waals surface area contributed by atoms with Crippen LogP contribution in [0.1, 0.15) is 46.0 Å². The van der Waals surface area contributed by atoms with Crippen molar-refractivity contribution in [1.29, 1.82) is 5.26 Å². The Labute approximate surface area is 105 Å². The first-order valence-corrected chi connectivity index (χ1v) is 6.86. The minimum atomic E-state index is -0.247. The number of nitrogens with zero attached hydrogens (tertiary/aromatic N) is 2. The SMILES string of the molecule is CCC1CCC(C#N)C(N(C)CCC(C)O)C1. The predicted octanol–water partition coefficient (Wildman–Crippen LogP) is 2.41. The fraction of sp³-hybridized carbons (Fsp3) is 0.929. The molecule has 0 heterocycles. The molecule has 1 saturated carbocycles. The molecule has 0 spiro atoms. The van der Waals surface area contributed by atoms with Crippen LogP contribution in [0.4, 0.5) is 0 Å². The molecule has 0 radical (unpaired) electrons. The first-order chi connectivity index (χ1) is 8.08. The molecule has 3 heteroatoms. The van der Waals surface area contributed by atoms with Crippen LogP contribution in [0.2, 0.25) is 0 Å². The molecule has 17 heavy (non-hydrogen) atoms. The highest BCUT2D eigenvalue weighted by molar-refractivity contribution is 4.96. The van der Waals surface area contributed by atoms with Gasteiger partial charge in [0, 0.05) is 12.6 Å². The highest BCUT2D eigenvalue weighted by Crippen LogP contribution is 2.33. The van der Waals surface area contributed by atoms with Crippen LogP contribution in [-0.4, -0.2) is 35.7 Å². The molecule has 0 aromatic rings. The Morgan fingerprint density at radius 1 is 1.47 bits per heavy atom. The van der Waals surface area contributed by atoms with Crippen molar-refractivity contribution in [3.8, 4) is 6.07 Å². The summed E-state index contributed by atoms with van der Waals surface area (Å²) in [5.74, 6) is 0.954. The van der Waals surface area contributed by atoms with E-state index >= 15 is 0 Å². The molecule has 0 aromatic heterocycles. The van der Waals surface area contributed by atoms with Gasteiger partial charge in [-0.05, 0) is 45.6 Å². The molecule has 3 nitrogen and oxygen atoms in total. The van der Waals surface area contributed by atoms with Crippen LogP contribution in [0.5, 0.6) is 0 Å². The van der Waals surface area contributed by atoms with Gasteiger partial charge in [0.15, 0.2) is 0 Å². The van der Waals surface area contributed by atoms with Gasteiger partial charge in [-0.15, -0.1) is 0 Å². The monoisotopic (exact) mass is 238 g/mol. The third kappa shape index (κ3) is 4.29. The van der Waals surface area contributed by atoms with Gasteiger partial charge in [-0.1, -0.05) is 13.3 Å². The topological polar surface area (TPSA) is 47.3 Å². The van der Waals surface area contributed by atoms with Gasteiger partial charge in [0.2, 0.25) is 0 Å². The second-order valence-corrected chi connectivity index (χ2v) is 5.51. The van der Waals surface area contributed by atoms with E-state index in [1.807, 2.05) is 6.92 Å². The van der Waals surface area contributed by atoms with Crippen LogP contribution in [0.3, 0.4) is 0 Å². The van der Waals surface area contributed by atoms with E-state index < -0.39 is 0 Å². The minimum absolute atomic E-state index is 0.178. The Morgan fingerprint density at radius 3 is 2.71 bits per heavy atom. The molecule has 1 N–H and O–H groups in total. The summed E-state index contributed by atoms with van der Waals surface area (Å²) in [6, 6.07) is 2.85. The number of hydrogen-bond acceptors (Lipinski definition) is 3. The lowest BCUT2D eigenvalue weighted by Crippen LogP contribution is -2.42. The van der Waals surface area contributed by atoms with Crippen molar-refractivity contribution >= 4 is 0 Å². The summed E-state index contributed by atoms with van der Waals surface area (Å²) in [5, 5.41) is 18.5. The lowest BCUT2D eigenvalue weighted by Gasteiger charge is -2.38. The number of hydrogen-bond donors (Lipinski definition) is 1. The quantitative estimate of drug-likeness (QED) is 0.800. The van der Waals surface area contributed by atoms with Gasteiger partial charge in [-0.25, -0.2) is 0 Å². The van der Waals surface area contributed by atoms with Crippen LogP contribution in [-0.2, 0) is 0 Å². The Balaban J connectivity index is 2.53. The molecule has 0 saturated heterocycles. The summed E-state index contributed by atoms with van der Waals surface area (Å²) in [5.41, 5.74) is 0. The molecule has 4 unspecified atom stereocenters. The Bertz CT molecular complexity index is 259. The molecule has 1 aliphatic carbocycles. The van der Waals surface area contributed by atoms with Gasteiger partial charge in [0.1, 0.15) is 0 Å². The average molecular weight is 238 g/mol. The largest absolute Gasteiger partial charge is 0.393 e. The van der Waals surface area contributed by atoms with Crippen molar-refractivity contribution < 1.29 is 5.11 Å². The molecular weight excluding hydrogens is 212 g/mol. The van der Waals surface area contributed by atoms with Crippen LogP contribution in [0.25, 0.3) is 0 Å². The zero-order valence-corrected chi connectivity index (χ0v) is 11.4. The fourth-order valence-electron chi connectivity index (χ4n) is 2.80. The molecule has 0 amide bonds. The van der Waals surface area contributed by atoms with Crippen molar-refractivity contribution in [2.24, 2.45) is 11.8 Å².